The van der Waals surface area contributed by atoms with Gasteiger partial charge in [-0.25, -0.2) is 0 Å². The third-order valence-corrected chi connectivity index (χ3v) is 7.35. The molecular formula is C19H29NO6. The second-order valence-electron chi connectivity index (χ2n) is 8.46. The average Bonchev–Trinajstić information content (AvgIpc) is 3.38. The van der Waals surface area contributed by atoms with Gasteiger partial charge < -0.3 is 29.7 Å². The van der Waals surface area contributed by atoms with E-state index in [9.17, 15) is 15.0 Å². The summed E-state index contributed by atoms with van der Waals surface area (Å²) in [5.41, 5.74) is -0.485. The molecule has 1 spiro atoms. The Kier molecular flexibility index (Phi) is 4.24. The zero-order valence-corrected chi connectivity index (χ0v) is 15.7. The minimum atomic E-state index is -0.728. The summed E-state index contributed by atoms with van der Waals surface area (Å²) in [6.45, 7) is 6.65. The van der Waals surface area contributed by atoms with Crippen molar-refractivity contribution in [3.05, 3.63) is 11.6 Å². The van der Waals surface area contributed by atoms with E-state index >= 15 is 0 Å². The summed E-state index contributed by atoms with van der Waals surface area (Å²) in [6.07, 6.45) is 2.50. The zero-order chi connectivity index (χ0) is 18.7. The van der Waals surface area contributed by atoms with Gasteiger partial charge in [0.25, 0.3) is 0 Å². The Balaban J connectivity index is 1.79. The number of esters is 1. The highest BCUT2D eigenvalue weighted by molar-refractivity contribution is 5.66. The van der Waals surface area contributed by atoms with Crippen LogP contribution in [0.15, 0.2) is 11.6 Å². The summed E-state index contributed by atoms with van der Waals surface area (Å²) in [6, 6.07) is -0.330. The van der Waals surface area contributed by atoms with E-state index < -0.39 is 22.5 Å². The first-order valence-corrected chi connectivity index (χ1v) is 9.45. The number of hydrogen-bond donors (Lipinski definition) is 3. The molecule has 4 aliphatic rings. The van der Waals surface area contributed by atoms with E-state index in [2.05, 4.69) is 25.2 Å². The fourth-order valence-electron chi connectivity index (χ4n) is 5.74. The molecule has 26 heavy (non-hydrogen) atoms. The molecule has 4 unspecified atom stereocenters. The van der Waals surface area contributed by atoms with Crippen LogP contribution >= 0.6 is 0 Å². The number of aliphatic hydroxyl groups excluding tert-OH is 2. The van der Waals surface area contributed by atoms with Crippen LogP contribution in [0.3, 0.4) is 0 Å². The lowest BCUT2D eigenvalue weighted by molar-refractivity contribution is -0.230. The number of hydrogen-bond acceptors (Lipinski definition) is 7. The van der Waals surface area contributed by atoms with Crippen LogP contribution in [0.1, 0.15) is 33.6 Å². The molecule has 2 saturated heterocycles. The van der Waals surface area contributed by atoms with Gasteiger partial charge in [0.15, 0.2) is 0 Å². The Labute approximate surface area is 153 Å². The molecular weight excluding hydrogens is 338 g/mol. The molecule has 0 radical (unpaired) electrons. The number of allylic oxidation sites excluding steroid dienone is 1. The van der Waals surface area contributed by atoms with E-state index in [1.165, 1.54) is 12.5 Å². The van der Waals surface area contributed by atoms with Crippen molar-refractivity contribution in [2.24, 2.45) is 10.8 Å². The first-order chi connectivity index (χ1) is 12.3. The summed E-state index contributed by atoms with van der Waals surface area (Å²) >= 11 is 0. The summed E-state index contributed by atoms with van der Waals surface area (Å²) in [7, 11) is 0. The third-order valence-electron chi connectivity index (χ3n) is 7.35. The van der Waals surface area contributed by atoms with Crippen LogP contribution in [0.4, 0.5) is 0 Å². The zero-order valence-electron chi connectivity index (χ0n) is 15.7. The fourth-order valence-corrected chi connectivity index (χ4v) is 5.74. The highest BCUT2D eigenvalue weighted by Crippen LogP contribution is 2.71. The first kappa shape index (κ1) is 18.4. The van der Waals surface area contributed by atoms with E-state index in [0.29, 0.717) is 13.2 Å². The van der Waals surface area contributed by atoms with Crippen molar-refractivity contribution in [2.75, 3.05) is 26.4 Å². The first-order valence-electron chi connectivity index (χ1n) is 9.45. The maximum Gasteiger partial charge on any atom is 0.302 e. The van der Waals surface area contributed by atoms with Gasteiger partial charge >= 0.3 is 5.97 Å². The molecule has 1 saturated carbocycles. The van der Waals surface area contributed by atoms with E-state index in [1.807, 2.05) is 0 Å². The minimum Gasteiger partial charge on any atom is -0.465 e. The molecule has 3 N–H and O–H groups in total. The largest absolute Gasteiger partial charge is 0.465 e. The van der Waals surface area contributed by atoms with Crippen LogP contribution in [0.2, 0.25) is 0 Å². The number of epoxide rings is 1. The molecule has 2 heterocycles. The van der Waals surface area contributed by atoms with E-state index in [-0.39, 0.29) is 37.4 Å². The van der Waals surface area contributed by atoms with Crippen molar-refractivity contribution in [1.82, 2.24) is 5.32 Å². The Morgan fingerprint density at radius 1 is 1.50 bits per heavy atom. The van der Waals surface area contributed by atoms with Crippen molar-refractivity contribution in [3.8, 4) is 0 Å². The van der Waals surface area contributed by atoms with Gasteiger partial charge in [-0.05, 0) is 19.8 Å². The molecule has 146 valence electrons. The highest BCUT2D eigenvalue weighted by atomic mass is 16.6. The van der Waals surface area contributed by atoms with Crippen LogP contribution in [0.25, 0.3) is 0 Å². The van der Waals surface area contributed by atoms with Crippen LogP contribution in [-0.4, -0.2) is 72.5 Å². The third kappa shape index (κ3) is 2.15. The predicted molar refractivity (Wildman–Crippen MR) is 92.4 cm³/mol. The SMILES string of the molecule is CC(=O)OC[C@]12CCC(C)=CC1OC1[C@H](NCCO)[C@@H](O)C2(C)C12CO2. The maximum atomic E-state index is 11.6. The van der Waals surface area contributed by atoms with Gasteiger partial charge in [-0.1, -0.05) is 18.6 Å². The van der Waals surface area contributed by atoms with Crippen LogP contribution < -0.4 is 5.32 Å². The van der Waals surface area contributed by atoms with Crippen LogP contribution in [0.5, 0.6) is 0 Å². The lowest BCUT2D eigenvalue weighted by atomic mass is 9.51. The minimum absolute atomic E-state index is 0.0124. The lowest BCUT2D eigenvalue weighted by Crippen LogP contribution is -2.66. The topological polar surface area (TPSA) is 101 Å². The molecule has 2 aliphatic carbocycles. The van der Waals surface area contributed by atoms with Gasteiger partial charge in [0.1, 0.15) is 18.3 Å². The normalized spacial score (nSPS) is 48.9. The van der Waals surface area contributed by atoms with Crippen molar-refractivity contribution >= 4 is 5.97 Å². The predicted octanol–water partition coefficient (Wildman–Crippen LogP) is 0.144. The molecule has 7 heteroatoms. The van der Waals surface area contributed by atoms with Crippen molar-refractivity contribution in [1.29, 1.82) is 0 Å². The van der Waals surface area contributed by atoms with Gasteiger partial charge in [0, 0.05) is 24.3 Å². The summed E-state index contributed by atoms with van der Waals surface area (Å²) in [5, 5.41) is 23.9. The van der Waals surface area contributed by atoms with Crippen molar-refractivity contribution in [2.45, 2.75) is 63.6 Å². The van der Waals surface area contributed by atoms with Gasteiger partial charge in [-0.15, -0.1) is 0 Å². The number of nitrogens with one attached hydrogen (secondary N) is 1. The average molecular weight is 367 g/mol. The Morgan fingerprint density at radius 2 is 2.23 bits per heavy atom. The molecule has 0 aromatic carbocycles. The molecule has 0 amide bonds. The number of rotatable bonds is 5. The molecule has 0 aromatic heterocycles. The molecule has 4 rings (SSSR count). The second kappa shape index (κ2) is 6.01. The molecule has 7 atom stereocenters. The van der Waals surface area contributed by atoms with Gasteiger partial charge in [-0.3, -0.25) is 4.79 Å². The van der Waals surface area contributed by atoms with Gasteiger partial charge in [0.05, 0.1) is 31.5 Å². The van der Waals surface area contributed by atoms with Crippen molar-refractivity contribution in [3.63, 3.8) is 0 Å². The smallest absolute Gasteiger partial charge is 0.302 e. The molecule has 0 aromatic rings. The summed E-state index contributed by atoms with van der Waals surface area (Å²) in [5.74, 6) is -0.330. The van der Waals surface area contributed by atoms with Crippen molar-refractivity contribution < 1.29 is 29.2 Å². The van der Waals surface area contributed by atoms with Gasteiger partial charge in [-0.2, -0.15) is 0 Å². The Hall–Kier alpha value is -0.990. The monoisotopic (exact) mass is 367 g/mol. The Bertz CT molecular complexity index is 632. The Morgan fingerprint density at radius 3 is 2.85 bits per heavy atom. The number of carbonyl (C=O) groups is 1. The number of ether oxygens (including phenoxy) is 3. The summed E-state index contributed by atoms with van der Waals surface area (Å²) in [4.78, 5) is 11.6. The maximum absolute atomic E-state index is 11.6. The van der Waals surface area contributed by atoms with E-state index in [0.717, 1.165) is 12.8 Å². The quantitative estimate of drug-likeness (QED) is 0.361. The lowest BCUT2D eigenvalue weighted by Gasteiger charge is -2.58. The standard InChI is InChI=1S/C19H29NO6/c1-11-4-5-18(9-24-12(2)22)13(8-11)26-16-14(20-6-7-21)15(23)17(18,3)19(16)10-25-19/h8,13-16,20-21,23H,4-7,9-10H2,1-3H3/t13?,14-,15-,16?,17?,18-,19?/m1/s1. The van der Waals surface area contributed by atoms with Gasteiger partial charge in [0.2, 0.25) is 0 Å². The number of aliphatic hydroxyl groups is 2. The number of carbonyl (C=O) groups excluding carboxylic acids is 1. The van der Waals surface area contributed by atoms with Crippen LogP contribution in [0, 0.1) is 10.8 Å². The van der Waals surface area contributed by atoms with E-state index in [4.69, 9.17) is 14.2 Å². The molecule has 3 fully saturated rings. The van der Waals surface area contributed by atoms with E-state index in [1.54, 1.807) is 0 Å². The highest BCUT2D eigenvalue weighted by Gasteiger charge is 2.84. The molecule has 2 bridgehead atoms. The number of fused-ring (bicyclic) bond motifs is 2. The second-order valence-corrected chi connectivity index (χ2v) is 8.46. The summed E-state index contributed by atoms with van der Waals surface area (Å²) < 4.78 is 18.0. The van der Waals surface area contributed by atoms with Crippen LogP contribution in [-0.2, 0) is 19.0 Å². The molecule has 7 nitrogen and oxygen atoms in total. The fraction of sp³-hybridized carbons (Fsp3) is 0.842. The molecule has 2 aliphatic heterocycles.